The monoisotopic (exact) mass is 318 g/mol. The Bertz CT molecular complexity index is 571. The molecule has 110 valence electrons. The fourth-order valence-corrected chi connectivity index (χ4v) is 2.96. The predicted molar refractivity (Wildman–Crippen MR) is 97.1 cm³/mol. The van der Waals surface area contributed by atoms with Crippen molar-refractivity contribution in [2.45, 2.75) is 39.9 Å². The summed E-state index contributed by atoms with van der Waals surface area (Å²) < 4.78 is 0. The molecule has 0 fully saturated rings. The molecule has 0 saturated carbocycles. The molecule has 2 aromatic rings. The van der Waals surface area contributed by atoms with Gasteiger partial charge in [-0.05, 0) is 37.1 Å². The van der Waals surface area contributed by atoms with E-state index in [2.05, 4.69) is 43.3 Å². The Hall–Kier alpha value is -0.915. The summed E-state index contributed by atoms with van der Waals surface area (Å²) in [7, 11) is 0. The predicted octanol–water partition coefficient (Wildman–Crippen LogP) is 5.02. The van der Waals surface area contributed by atoms with Crippen LogP contribution in [0.3, 0.4) is 0 Å². The summed E-state index contributed by atoms with van der Waals surface area (Å²) >= 11 is 12.6. The number of unbranched alkanes of at least 4 members (excludes halogenated alkanes) is 1. The van der Waals surface area contributed by atoms with Crippen molar-refractivity contribution in [2.24, 2.45) is 0 Å². The highest BCUT2D eigenvalue weighted by Crippen LogP contribution is 2.16. The van der Waals surface area contributed by atoms with E-state index >= 15 is 0 Å². The summed E-state index contributed by atoms with van der Waals surface area (Å²) in [5, 5.41) is 1.68. The molecule has 0 amide bonds. The molecule has 0 nitrogen and oxygen atoms in total. The molecule has 0 aliphatic rings. The van der Waals surface area contributed by atoms with Crippen LogP contribution in [0.5, 0.6) is 0 Å². The normalized spacial score (nSPS) is 10.7. The molecule has 3 heteroatoms. The molecule has 0 radical (unpaired) electrons. The van der Waals surface area contributed by atoms with Crippen LogP contribution in [0.1, 0.15) is 30.9 Å². The zero-order valence-corrected chi connectivity index (χ0v) is 14.4. The summed E-state index contributed by atoms with van der Waals surface area (Å²) in [4.78, 5) is 0. The van der Waals surface area contributed by atoms with E-state index < -0.39 is 0 Å². The SMILES string of the molecule is CCCCB(c1ccc(C)c(Cl)c1)c1ccc(C)c(Cl)c1. The van der Waals surface area contributed by atoms with Crippen molar-refractivity contribution < 1.29 is 0 Å². The van der Waals surface area contributed by atoms with Crippen LogP contribution in [0.4, 0.5) is 0 Å². The Morgan fingerprint density at radius 2 is 1.33 bits per heavy atom. The quantitative estimate of drug-likeness (QED) is 0.679. The molecular formula is C18H21BCl2. The van der Waals surface area contributed by atoms with Gasteiger partial charge in [0.15, 0.2) is 0 Å². The van der Waals surface area contributed by atoms with Gasteiger partial charge >= 0.3 is 0 Å². The van der Waals surface area contributed by atoms with Crippen LogP contribution in [-0.2, 0) is 0 Å². The maximum atomic E-state index is 6.31. The second kappa shape index (κ2) is 7.38. The van der Waals surface area contributed by atoms with E-state index in [9.17, 15) is 0 Å². The Morgan fingerprint density at radius 1 is 0.857 bits per heavy atom. The van der Waals surface area contributed by atoms with E-state index in [4.69, 9.17) is 23.2 Å². The first-order valence-corrected chi connectivity index (χ1v) is 8.30. The molecule has 0 aliphatic carbocycles. The first kappa shape index (κ1) is 16.5. The molecule has 0 unspecified atom stereocenters. The third kappa shape index (κ3) is 4.05. The lowest BCUT2D eigenvalue weighted by molar-refractivity contribution is 0.878. The van der Waals surface area contributed by atoms with E-state index in [1.807, 2.05) is 13.8 Å². The zero-order valence-electron chi connectivity index (χ0n) is 12.9. The molecule has 0 aromatic heterocycles. The minimum atomic E-state index is 0.362. The molecule has 0 heterocycles. The highest BCUT2D eigenvalue weighted by molar-refractivity contribution is 6.85. The molecular weight excluding hydrogens is 298 g/mol. The second-order valence-corrected chi connectivity index (χ2v) is 6.53. The summed E-state index contributed by atoms with van der Waals surface area (Å²) in [5.41, 5.74) is 4.80. The standard InChI is InChI=1S/C18H21BCl2/c1-4-5-10-19(15-8-6-13(2)17(20)11-15)16-9-7-14(3)18(21)12-16/h6-9,11-12H,4-5,10H2,1-3H3. The van der Waals surface area contributed by atoms with Gasteiger partial charge < -0.3 is 0 Å². The first-order chi connectivity index (χ1) is 10.0. The van der Waals surface area contributed by atoms with E-state index in [1.165, 1.54) is 23.8 Å². The van der Waals surface area contributed by atoms with Crippen LogP contribution in [0.15, 0.2) is 36.4 Å². The van der Waals surface area contributed by atoms with Gasteiger partial charge in [-0.3, -0.25) is 0 Å². The smallest absolute Gasteiger partial charge is 0.0841 e. The van der Waals surface area contributed by atoms with E-state index in [1.54, 1.807) is 0 Å². The highest BCUT2D eigenvalue weighted by Gasteiger charge is 2.19. The van der Waals surface area contributed by atoms with Crippen molar-refractivity contribution in [3.8, 4) is 0 Å². The summed E-state index contributed by atoms with van der Waals surface area (Å²) in [6, 6.07) is 12.8. The molecule has 0 spiro atoms. The lowest BCUT2D eigenvalue weighted by Crippen LogP contribution is -2.42. The number of aryl methyl sites for hydroxylation is 2. The van der Waals surface area contributed by atoms with E-state index in [0.717, 1.165) is 27.5 Å². The van der Waals surface area contributed by atoms with Gasteiger partial charge in [-0.25, -0.2) is 0 Å². The fourth-order valence-electron chi connectivity index (χ4n) is 2.59. The first-order valence-electron chi connectivity index (χ1n) is 7.55. The third-order valence-corrected chi connectivity index (χ3v) is 4.86. The van der Waals surface area contributed by atoms with Crippen molar-refractivity contribution in [3.63, 3.8) is 0 Å². The summed E-state index contributed by atoms with van der Waals surface area (Å²) in [6.07, 6.45) is 3.51. The lowest BCUT2D eigenvalue weighted by Gasteiger charge is -2.16. The highest BCUT2D eigenvalue weighted by atomic mass is 35.5. The molecule has 21 heavy (non-hydrogen) atoms. The van der Waals surface area contributed by atoms with E-state index in [-0.39, 0.29) is 0 Å². The van der Waals surface area contributed by atoms with Gasteiger partial charge in [0.2, 0.25) is 6.71 Å². The third-order valence-electron chi connectivity index (χ3n) is 4.04. The topological polar surface area (TPSA) is 0 Å². The Balaban J connectivity index is 2.41. The summed E-state index contributed by atoms with van der Waals surface area (Å²) in [6.45, 7) is 6.66. The van der Waals surface area contributed by atoms with Crippen LogP contribution < -0.4 is 10.9 Å². The fraction of sp³-hybridized carbons (Fsp3) is 0.333. The van der Waals surface area contributed by atoms with Gasteiger partial charge in [0.05, 0.1) is 0 Å². The Morgan fingerprint density at radius 3 is 1.71 bits per heavy atom. The Kier molecular flexibility index (Phi) is 5.78. The molecule has 0 saturated heterocycles. The van der Waals surface area contributed by atoms with Crippen LogP contribution in [-0.4, -0.2) is 6.71 Å². The maximum absolute atomic E-state index is 6.31. The second-order valence-electron chi connectivity index (χ2n) is 5.71. The van der Waals surface area contributed by atoms with Gasteiger partial charge in [-0.1, -0.05) is 84.5 Å². The molecule has 0 atom stereocenters. The van der Waals surface area contributed by atoms with Gasteiger partial charge in [0.1, 0.15) is 0 Å². The van der Waals surface area contributed by atoms with Crippen LogP contribution >= 0.6 is 23.2 Å². The van der Waals surface area contributed by atoms with Crippen molar-refractivity contribution in [3.05, 3.63) is 57.6 Å². The summed E-state index contributed by atoms with van der Waals surface area (Å²) in [5.74, 6) is 0. The lowest BCUT2D eigenvalue weighted by atomic mass is 9.38. The maximum Gasteiger partial charge on any atom is 0.209 e. The van der Waals surface area contributed by atoms with Gasteiger partial charge in [0, 0.05) is 10.0 Å². The van der Waals surface area contributed by atoms with Crippen molar-refractivity contribution in [1.29, 1.82) is 0 Å². The number of hydrogen-bond donors (Lipinski definition) is 0. The molecule has 2 rings (SSSR count). The van der Waals surface area contributed by atoms with Crippen LogP contribution in [0.2, 0.25) is 16.4 Å². The van der Waals surface area contributed by atoms with Gasteiger partial charge in [0.25, 0.3) is 0 Å². The van der Waals surface area contributed by atoms with Crippen molar-refractivity contribution >= 4 is 40.8 Å². The van der Waals surface area contributed by atoms with Gasteiger partial charge in [-0.2, -0.15) is 0 Å². The largest absolute Gasteiger partial charge is 0.209 e. The van der Waals surface area contributed by atoms with Crippen molar-refractivity contribution in [2.75, 3.05) is 0 Å². The Labute approximate surface area is 138 Å². The molecule has 0 aliphatic heterocycles. The van der Waals surface area contributed by atoms with Crippen LogP contribution in [0.25, 0.3) is 0 Å². The minimum Gasteiger partial charge on any atom is -0.0841 e. The number of halogens is 2. The van der Waals surface area contributed by atoms with Crippen LogP contribution in [0, 0.1) is 13.8 Å². The minimum absolute atomic E-state index is 0.362. The number of hydrogen-bond acceptors (Lipinski definition) is 0. The number of benzene rings is 2. The number of rotatable bonds is 5. The average Bonchev–Trinajstić information content (AvgIpc) is 2.46. The molecule has 0 N–H and O–H groups in total. The molecule has 0 bridgehead atoms. The van der Waals surface area contributed by atoms with E-state index in [0.29, 0.717) is 6.71 Å². The van der Waals surface area contributed by atoms with Gasteiger partial charge in [-0.15, -0.1) is 0 Å². The van der Waals surface area contributed by atoms with Crippen molar-refractivity contribution in [1.82, 2.24) is 0 Å². The molecule has 2 aromatic carbocycles. The average molecular weight is 319 g/mol. The zero-order chi connectivity index (χ0) is 15.4.